The molecule has 2 N–H and O–H groups in total. The third-order valence-corrected chi connectivity index (χ3v) is 7.44. The number of rotatable bonds is 7. The van der Waals surface area contributed by atoms with Gasteiger partial charge >= 0.3 is 0 Å². The highest BCUT2D eigenvalue weighted by Gasteiger charge is 2.26. The number of carbonyl (C=O) groups is 1. The molecule has 11 heteroatoms. The van der Waals surface area contributed by atoms with Crippen molar-refractivity contribution in [3.63, 3.8) is 0 Å². The highest BCUT2D eigenvalue weighted by molar-refractivity contribution is 7.99. The maximum atomic E-state index is 12.9. The number of unbranched alkanes of at least 4 members (excludes halogenated alkanes) is 1. The molecule has 0 saturated heterocycles. The van der Waals surface area contributed by atoms with Gasteiger partial charge in [-0.05, 0) is 62.4 Å². The predicted molar refractivity (Wildman–Crippen MR) is 123 cm³/mol. The minimum absolute atomic E-state index is 0.0605. The van der Waals surface area contributed by atoms with E-state index in [1.54, 1.807) is 21.5 Å². The molecule has 0 spiro atoms. The van der Waals surface area contributed by atoms with Gasteiger partial charge in [-0.25, -0.2) is 23.1 Å². The SMILES string of the molecule is CCCCc1c(C)nc2nc(SCC(=O)N3CCc4cc(S(N)(=O)=O)ccc43)nn2c1C. The van der Waals surface area contributed by atoms with Crippen molar-refractivity contribution in [3.8, 4) is 0 Å². The second-order valence-electron chi connectivity index (χ2n) is 7.89. The number of benzene rings is 1. The third-order valence-electron chi connectivity index (χ3n) is 5.71. The van der Waals surface area contributed by atoms with Gasteiger partial charge in [0.05, 0.1) is 10.6 Å². The summed E-state index contributed by atoms with van der Waals surface area (Å²) in [6.45, 7) is 6.69. The molecule has 2 aromatic heterocycles. The first-order chi connectivity index (χ1) is 15.2. The highest BCUT2D eigenvalue weighted by atomic mass is 32.2. The lowest BCUT2D eigenvalue weighted by Gasteiger charge is -2.16. The van der Waals surface area contributed by atoms with Crippen LogP contribution in [0.25, 0.3) is 5.78 Å². The number of anilines is 1. The zero-order valence-corrected chi connectivity index (χ0v) is 20.0. The summed E-state index contributed by atoms with van der Waals surface area (Å²) in [5.41, 5.74) is 4.72. The molecule has 0 unspecified atom stereocenters. The summed E-state index contributed by atoms with van der Waals surface area (Å²) in [5.74, 6) is 0.631. The van der Waals surface area contributed by atoms with E-state index in [9.17, 15) is 13.2 Å². The molecule has 0 fully saturated rings. The van der Waals surface area contributed by atoms with Crippen molar-refractivity contribution < 1.29 is 13.2 Å². The van der Waals surface area contributed by atoms with Gasteiger partial charge in [-0.3, -0.25) is 4.79 Å². The Labute approximate surface area is 191 Å². The van der Waals surface area contributed by atoms with Gasteiger partial charge in [-0.1, -0.05) is 25.1 Å². The van der Waals surface area contributed by atoms with Crippen LogP contribution in [0.5, 0.6) is 0 Å². The van der Waals surface area contributed by atoms with E-state index in [2.05, 4.69) is 22.0 Å². The number of amides is 1. The van der Waals surface area contributed by atoms with E-state index in [1.807, 2.05) is 13.8 Å². The summed E-state index contributed by atoms with van der Waals surface area (Å²) in [6.07, 6.45) is 3.75. The molecule has 3 aromatic rings. The number of fused-ring (bicyclic) bond motifs is 2. The summed E-state index contributed by atoms with van der Waals surface area (Å²) < 4.78 is 24.9. The summed E-state index contributed by atoms with van der Waals surface area (Å²) >= 11 is 1.27. The molecule has 1 aliphatic rings. The molecule has 3 heterocycles. The lowest BCUT2D eigenvalue weighted by atomic mass is 10.1. The maximum Gasteiger partial charge on any atom is 0.253 e. The van der Waals surface area contributed by atoms with Gasteiger partial charge in [0.15, 0.2) is 0 Å². The van der Waals surface area contributed by atoms with Gasteiger partial charge in [-0.15, -0.1) is 5.10 Å². The Kier molecular flexibility index (Phi) is 6.24. The molecule has 9 nitrogen and oxygen atoms in total. The largest absolute Gasteiger partial charge is 0.311 e. The number of thioether (sulfide) groups is 1. The number of aromatic nitrogens is 4. The Morgan fingerprint density at radius 1 is 1.25 bits per heavy atom. The van der Waals surface area contributed by atoms with Gasteiger partial charge in [0.25, 0.3) is 5.78 Å². The standard InChI is InChI=1S/C21H26N6O3S2/c1-4-5-6-17-13(2)23-20-24-21(25-27(20)14(17)3)31-12-19(28)26-10-9-15-11-16(32(22,29)30)7-8-18(15)26/h7-8,11H,4-6,9-10,12H2,1-3H3,(H2,22,29,30). The number of nitrogens with zero attached hydrogens (tertiary/aromatic N) is 5. The number of hydrogen-bond acceptors (Lipinski definition) is 7. The molecule has 0 radical (unpaired) electrons. The minimum Gasteiger partial charge on any atom is -0.311 e. The lowest BCUT2D eigenvalue weighted by molar-refractivity contribution is -0.116. The Balaban J connectivity index is 1.49. The quantitative estimate of drug-likeness (QED) is 0.522. The van der Waals surface area contributed by atoms with Crippen molar-refractivity contribution >= 4 is 39.2 Å². The van der Waals surface area contributed by atoms with Crippen LogP contribution in [-0.4, -0.2) is 46.2 Å². The van der Waals surface area contributed by atoms with E-state index in [1.165, 1.54) is 23.4 Å². The fourth-order valence-electron chi connectivity index (χ4n) is 3.98. The molecule has 0 atom stereocenters. The first-order valence-electron chi connectivity index (χ1n) is 10.5. The number of aryl methyl sites for hydroxylation is 2. The van der Waals surface area contributed by atoms with Crippen molar-refractivity contribution in [2.24, 2.45) is 5.14 Å². The van der Waals surface area contributed by atoms with Crippen molar-refractivity contribution in [2.45, 2.75) is 56.5 Å². The average Bonchev–Trinajstić information content (AvgIpc) is 3.35. The number of nitrogens with two attached hydrogens (primary N) is 1. The van der Waals surface area contributed by atoms with E-state index in [4.69, 9.17) is 5.14 Å². The average molecular weight is 475 g/mol. The molecule has 32 heavy (non-hydrogen) atoms. The second-order valence-corrected chi connectivity index (χ2v) is 10.4. The third kappa shape index (κ3) is 4.37. The summed E-state index contributed by atoms with van der Waals surface area (Å²) in [6, 6.07) is 4.62. The van der Waals surface area contributed by atoms with Crippen LogP contribution in [0.4, 0.5) is 5.69 Å². The van der Waals surface area contributed by atoms with E-state index >= 15 is 0 Å². The van der Waals surface area contributed by atoms with Crippen molar-refractivity contribution in [2.75, 3.05) is 17.2 Å². The van der Waals surface area contributed by atoms with Crippen molar-refractivity contribution in [3.05, 3.63) is 40.7 Å². The van der Waals surface area contributed by atoms with Crippen LogP contribution in [0.3, 0.4) is 0 Å². The fraction of sp³-hybridized carbons (Fsp3) is 0.429. The van der Waals surface area contributed by atoms with Gasteiger partial charge in [-0.2, -0.15) is 4.98 Å². The van der Waals surface area contributed by atoms with Crippen LogP contribution in [0.15, 0.2) is 28.3 Å². The molecule has 1 aromatic carbocycles. The Hall–Kier alpha value is -2.50. The van der Waals surface area contributed by atoms with Crippen LogP contribution in [0.1, 0.15) is 42.3 Å². The summed E-state index contributed by atoms with van der Waals surface area (Å²) in [5, 5.41) is 10.3. The first-order valence-corrected chi connectivity index (χ1v) is 13.0. The zero-order chi connectivity index (χ0) is 23.0. The van der Waals surface area contributed by atoms with Crippen molar-refractivity contribution in [1.29, 1.82) is 0 Å². The molecular weight excluding hydrogens is 448 g/mol. The highest BCUT2D eigenvalue weighted by Crippen LogP contribution is 2.31. The maximum absolute atomic E-state index is 12.9. The van der Waals surface area contributed by atoms with Gasteiger partial charge < -0.3 is 4.90 Å². The van der Waals surface area contributed by atoms with Gasteiger partial charge in [0, 0.05) is 23.6 Å². The monoisotopic (exact) mass is 474 g/mol. The smallest absolute Gasteiger partial charge is 0.253 e. The van der Waals surface area contributed by atoms with E-state index in [-0.39, 0.29) is 16.6 Å². The summed E-state index contributed by atoms with van der Waals surface area (Å²) in [4.78, 5) is 23.7. The van der Waals surface area contributed by atoms with E-state index in [0.29, 0.717) is 23.9 Å². The van der Waals surface area contributed by atoms with E-state index in [0.717, 1.165) is 41.9 Å². The van der Waals surface area contributed by atoms with Crippen LogP contribution >= 0.6 is 11.8 Å². The molecule has 0 saturated carbocycles. The minimum atomic E-state index is -3.77. The van der Waals surface area contributed by atoms with Crippen LogP contribution in [-0.2, 0) is 27.7 Å². The molecule has 0 aliphatic carbocycles. The molecule has 1 amide bonds. The topological polar surface area (TPSA) is 124 Å². The number of sulfonamides is 1. The van der Waals surface area contributed by atoms with Crippen LogP contribution in [0.2, 0.25) is 0 Å². The normalized spacial score (nSPS) is 13.7. The first kappa shape index (κ1) is 22.7. The Morgan fingerprint density at radius 2 is 2.03 bits per heavy atom. The number of hydrogen-bond donors (Lipinski definition) is 1. The molecule has 0 bridgehead atoms. The summed E-state index contributed by atoms with van der Waals surface area (Å²) in [7, 11) is -3.77. The van der Waals surface area contributed by atoms with Crippen LogP contribution < -0.4 is 10.0 Å². The Morgan fingerprint density at radius 3 is 2.75 bits per heavy atom. The Bertz CT molecular complexity index is 1300. The molecule has 4 rings (SSSR count). The molecule has 1 aliphatic heterocycles. The number of primary sulfonamides is 1. The van der Waals surface area contributed by atoms with Gasteiger partial charge in [0.2, 0.25) is 21.1 Å². The zero-order valence-electron chi connectivity index (χ0n) is 18.3. The molecular formula is C21H26N6O3S2. The second kappa shape index (κ2) is 8.80. The van der Waals surface area contributed by atoms with Crippen LogP contribution in [0, 0.1) is 13.8 Å². The van der Waals surface area contributed by atoms with Crippen molar-refractivity contribution in [1.82, 2.24) is 19.6 Å². The predicted octanol–water partition coefficient (Wildman–Crippen LogP) is 2.41. The fourth-order valence-corrected chi connectivity index (χ4v) is 5.24. The lowest BCUT2D eigenvalue weighted by Crippen LogP contribution is -2.30. The van der Waals surface area contributed by atoms with E-state index < -0.39 is 10.0 Å². The van der Waals surface area contributed by atoms with Gasteiger partial charge in [0.1, 0.15) is 0 Å². The molecule has 170 valence electrons. The number of carbonyl (C=O) groups excluding carboxylic acids is 1.